The number of fused-ring (bicyclic) bond motifs is 2. The fourth-order valence-electron chi connectivity index (χ4n) is 4.36. The number of nitrogens with zero attached hydrogens (tertiary/aromatic N) is 4. The molecule has 0 radical (unpaired) electrons. The highest BCUT2D eigenvalue weighted by Crippen LogP contribution is 2.35. The molecule has 2 atom stereocenters. The van der Waals surface area contributed by atoms with E-state index in [9.17, 15) is 18.0 Å². The summed E-state index contributed by atoms with van der Waals surface area (Å²) in [7, 11) is 0. The molecule has 1 amide bonds. The zero-order valence-electron chi connectivity index (χ0n) is 17.8. The van der Waals surface area contributed by atoms with Gasteiger partial charge in [0.2, 0.25) is 0 Å². The number of hydrogen-bond donors (Lipinski definition) is 2. The quantitative estimate of drug-likeness (QED) is 0.417. The highest BCUT2D eigenvalue weighted by Gasteiger charge is 2.34. The van der Waals surface area contributed by atoms with Crippen molar-refractivity contribution in [2.75, 3.05) is 5.32 Å². The molecule has 0 bridgehead atoms. The standard InChI is InChI=1S/C23H20ClF3N6O/c24-14-4-5-18-17(9-14)19(11-20(31-18)23(25,26)27)29-15-2-1-3-16(10-15)30-22(34)13-6-7-33-12-28-32-21(33)8-13/h4-9,11-12,15-16H,1-3,10H2,(H,29,31)(H,30,34)/t15-,16+/m0/s1. The molecule has 0 spiro atoms. The first kappa shape index (κ1) is 22.4. The molecule has 1 aliphatic rings. The number of anilines is 1. The first-order valence-corrected chi connectivity index (χ1v) is 11.2. The van der Waals surface area contributed by atoms with Crippen LogP contribution in [0, 0.1) is 0 Å². The lowest BCUT2D eigenvalue weighted by molar-refractivity contribution is -0.140. The van der Waals surface area contributed by atoms with Gasteiger partial charge in [-0.15, -0.1) is 10.2 Å². The molecule has 0 saturated heterocycles. The Morgan fingerprint density at radius 2 is 1.94 bits per heavy atom. The number of amides is 1. The first-order valence-electron chi connectivity index (χ1n) is 10.8. The fraction of sp³-hybridized carbons (Fsp3) is 0.304. The molecule has 4 aromatic rings. The van der Waals surface area contributed by atoms with Crippen LogP contribution in [0.2, 0.25) is 5.02 Å². The monoisotopic (exact) mass is 488 g/mol. The molecule has 176 valence electrons. The molecule has 11 heteroatoms. The molecule has 1 fully saturated rings. The Morgan fingerprint density at radius 1 is 1.12 bits per heavy atom. The minimum Gasteiger partial charge on any atom is -0.382 e. The summed E-state index contributed by atoms with van der Waals surface area (Å²) in [6.45, 7) is 0. The number of rotatable bonds is 4. The second-order valence-corrected chi connectivity index (χ2v) is 8.84. The summed E-state index contributed by atoms with van der Waals surface area (Å²) < 4.78 is 42.0. The van der Waals surface area contributed by atoms with Gasteiger partial charge in [-0.05, 0) is 62.1 Å². The maximum atomic E-state index is 13.4. The normalized spacial score (nSPS) is 18.8. The number of benzene rings is 1. The van der Waals surface area contributed by atoms with Crippen molar-refractivity contribution in [1.29, 1.82) is 0 Å². The Bertz CT molecular complexity index is 1370. The zero-order valence-corrected chi connectivity index (χ0v) is 18.6. The summed E-state index contributed by atoms with van der Waals surface area (Å²) in [4.78, 5) is 16.5. The maximum Gasteiger partial charge on any atom is 0.433 e. The van der Waals surface area contributed by atoms with Crippen LogP contribution in [0.15, 0.2) is 48.9 Å². The topological polar surface area (TPSA) is 84.2 Å². The SMILES string of the molecule is O=C(N[C@@H]1CCC[C@H](Nc2cc(C(F)(F)F)nc3ccc(Cl)cc23)C1)c1ccn2cnnc2c1. The van der Waals surface area contributed by atoms with Crippen molar-refractivity contribution in [2.24, 2.45) is 0 Å². The average molecular weight is 489 g/mol. The summed E-state index contributed by atoms with van der Waals surface area (Å²) in [5, 5.41) is 15.0. The molecule has 0 aliphatic heterocycles. The van der Waals surface area contributed by atoms with E-state index < -0.39 is 11.9 Å². The molecule has 1 aliphatic carbocycles. The molecule has 1 aromatic carbocycles. The van der Waals surface area contributed by atoms with E-state index in [0.29, 0.717) is 33.7 Å². The number of hydrogen-bond acceptors (Lipinski definition) is 5. The predicted octanol–water partition coefficient (Wildman–Crippen LogP) is 5.10. The minimum absolute atomic E-state index is 0.119. The molecule has 1 saturated carbocycles. The van der Waals surface area contributed by atoms with Gasteiger partial charge >= 0.3 is 6.18 Å². The van der Waals surface area contributed by atoms with Crippen LogP contribution >= 0.6 is 11.6 Å². The number of pyridine rings is 2. The summed E-state index contributed by atoms with van der Waals surface area (Å²) in [5.74, 6) is -0.225. The van der Waals surface area contributed by atoms with E-state index in [1.54, 1.807) is 35.1 Å². The number of alkyl halides is 3. The van der Waals surface area contributed by atoms with Crippen LogP contribution in [0.5, 0.6) is 0 Å². The van der Waals surface area contributed by atoms with Gasteiger partial charge in [-0.3, -0.25) is 9.20 Å². The molecule has 7 nitrogen and oxygen atoms in total. The van der Waals surface area contributed by atoms with Gasteiger partial charge < -0.3 is 10.6 Å². The van der Waals surface area contributed by atoms with E-state index in [1.807, 2.05) is 0 Å². The Labute approximate surface area is 197 Å². The Balaban J connectivity index is 1.34. The van der Waals surface area contributed by atoms with E-state index in [1.165, 1.54) is 12.1 Å². The second-order valence-electron chi connectivity index (χ2n) is 8.40. The number of aromatic nitrogens is 4. The van der Waals surface area contributed by atoms with Gasteiger partial charge in [-0.2, -0.15) is 13.2 Å². The Morgan fingerprint density at radius 3 is 2.76 bits per heavy atom. The van der Waals surface area contributed by atoms with Crippen LogP contribution in [-0.4, -0.2) is 37.6 Å². The van der Waals surface area contributed by atoms with Gasteiger partial charge in [0, 0.05) is 39.9 Å². The molecular weight excluding hydrogens is 469 g/mol. The van der Waals surface area contributed by atoms with Crippen molar-refractivity contribution < 1.29 is 18.0 Å². The lowest BCUT2D eigenvalue weighted by Crippen LogP contribution is -2.41. The van der Waals surface area contributed by atoms with Crippen molar-refractivity contribution in [2.45, 2.75) is 43.9 Å². The van der Waals surface area contributed by atoms with Gasteiger partial charge in [0.15, 0.2) is 5.65 Å². The smallest absolute Gasteiger partial charge is 0.382 e. The summed E-state index contributed by atoms with van der Waals surface area (Å²) in [6.07, 6.45) is 1.64. The first-order chi connectivity index (χ1) is 16.3. The highest BCUT2D eigenvalue weighted by molar-refractivity contribution is 6.31. The largest absolute Gasteiger partial charge is 0.433 e. The third kappa shape index (κ3) is 4.63. The van der Waals surface area contributed by atoms with Crippen LogP contribution in [0.3, 0.4) is 0 Å². The minimum atomic E-state index is -4.57. The molecule has 34 heavy (non-hydrogen) atoms. The third-order valence-electron chi connectivity index (χ3n) is 5.99. The van der Waals surface area contributed by atoms with Crippen molar-refractivity contribution in [3.63, 3.8) is 0 Å². The predicted molar refractivity (Wildman–Crippen MR) is 122 cm³/mol. The lowest BCUT2D eigenvalue weighted by atomic mass is 9.90. The summed E-state index contributed by atoms with van der Waals surface area (Å²) >= 11 is 6.10. The van der Waals surface area contributed by atoms with E-state index in [-0.39, 0.29) is 23.5 Å². The number of nitrogens with one attached hydrogen (secondary N) is 2. The lowest BCUT2D eigenvalue weighted by Gasteiger charge is -2.31. The number of halogens is 4. The molecule has 3 heterocycles. The van der Waals surface area contributed by atoms with Crippen LogP contribution in [0.1, 0.15) is 41.7 Å². The van der Waals surface area contributed by atoms with E-state index in [2.05, 4.69) is 25.8 Å². The Kier molecular flexibility index (Phi) is 5.76. The maximum absolute atomic E-state index is 13.4. The van der Waals surface area contributed by atoms with Gasteiger partial charge in [0.05, 0.1) is 5.52 Å². The van der Waals surface area contributed by atoms with Crippen molar-refractivity contribution in [3.05, 3.63) is 65.2 Å². The molecule has 2 N–H and O–H groups in total. The molecule has 0 unspecified atom stereocenters. The van der Waals surface area contributed by atoms with Crippen molar-refractivity contribution >= 4 is 39.7 Å². The Hall–Kier alpha value is -3.40. The van der Waals surface area contributed by atoms with E-state index in [4.69, 9.17) is 11.6 Å². The zero-order chi connectivity index (χ0) is 23.9. The number of carbonyl (C=O) groups excluding carboxylic acids is 1. The second kappa shape index (κ2) is 8.75. The summed E-state index contributed by atoms with van der Waals surface area (Å²) in [5.41, 5.74) is 0.620. The van der Waals surface area contributed by atoms with E-state index >= 15 is 0 Å². The summed E-state index contributed by atoms with van der Waals surface area (Å²) in [6, 6.07) is 8.74. The third-order valence-corrected chi connectivity index (χ3v) is 6.23. The van der Waals surface area contributed by atoms with Crippen LogP contribution in [0.25, 0.3) is 16.6 Å². The molecule has 5 rings (SSSR count). The number of carbonyl (C=O) groups is 1. The van der Waals surface area contributed by atoms with Crippen LogP contribution < -0.4 is 10.6 Å². The van der Waals surface area contributed by atoms with Crippen molar-refractivity contribution in [1.82, 2.24) is 24.9 Å². The molecule has 3 aromatic heterocycles. The average Bonchev–Trinajstić information content (AvgIpc) is 3.27. The van der Waals surface area contributed by atoms with Gasteiger partial charge in [0.1, 0.15) is 12.0 Å². The van der Waals surface area contributed by atoms with Gasteiger partial charge in [-0.25, -0.2) is 4.98 Å². The highest BCUT2D eigenvalue weighted by atomic mass is 35.5. The van der Waals surface area contributed by atoms with Crippen LogP contribution in [0.4, 0.5) is 18.9 Å². The van der Waals surface area contributed by atoms with E-state index in [0.717, 1.165) is 25.3 Å². The fourth-order valence-corrected chi connectivity index (χ4v) is 4.53. The molecular formula is C23H20ClF3N6O. The van der Waals surface area contributed by atoms with Crippen molar-refractivity contribution in [3.8, 4) is 0 Å². The van der Waals surface area contributed by atoms with Gasteiger partial charge in [-0.1, -0.05) is 11.6 Å². The van der Waals surface area contributed by atoms with Gasteiger partial charge in [0.25, 0.3) is 5.91 Å². The van der Waals surface area contributed by atoms with Crippen LogP contribution in [-0.2, 0) is 6.18 Å².